The Balaban J connectivity index is 2.97. The van der Waals surface area contributed by atoms with E-state index >= 15 is 0 Å². The van der Waals surface area contributed by atoms with Gasteiger partial charge in [-0.3, -0.25) is 9.59 Å². The Morgan fingerprint density at radius 3 is 2.53 bits per heavy atom. The van der Waals surface area contributed by atoms with Crippen molar-refractivity contribution in [2.75, 3.05) is 7.11 Å². The molecule has 0 amide bonds. The van der Waals surface area contributed by atoms with Crippen molar-refractivity contribution in [2.24, 2.45) is 0 Å². The zero-order valence-corrected chi connectivity index (χ0v) is 8.70. The first-order valence-corrected chi connectivity index (χ1v) is 4.39. The van der Waals surface area contributed by atoms with E-state index < -0.39 is 35.7 Å². The summed E-state index contributed by atoms with van der Waals surface area (Å²) in [5.41, 5.74) is 0. The predicted molar refractivity (Wildman–Crippen MR) is 50.8 cm³/mol. The number of halogens is 2. The second kappa shape index (κ2) is 5.24. The summed E-state index contributed by atoms with van der Waals surface area (Å²) in [4.78, 5) is 21.2. The van der Waals surface area contributed by atoms with Crippen LogP contribution in [-0.4, -0.2) is 24.2 Å². The van der Waals surface area contributed by atoms with Gasteiger partial charge in [0.25, 0.3) is 0 Å². The maximum atomic E-state index is 13.3. The fourth-order valence-corrected chi connectivity index (χ4v) is 1.06. The van der Waals surface area contributed by atoms with Crippen LogP contribution in [0.3, 0.4) is 0 Å². The van der Waals surface area contributed by atoms with E-state index in [1.165, 1.54) is 0 Å². The van der Waals surface area contributed by atoms with Gasteiger partial charge in [-0.2, -0.15) is 0 Å². The van der Waals surface area contributed by atoms with E-state index in [4.69, 9.17) is 5.11 Å². The maximum absolute atomic E-state index is 13.3. The number of benzene rings is 1. The fraction of sp³-hybridized carbons (Fsp3) is 0.200. The van der Waals surface area contributed by atoms with Crippen molar-refractivity contribution in [3.63, 3.8) is 0 Å². The summed E-state index contributed by atoms with van der Waals surface area (Å²) in [6.45, 7) is 0. The SMILES string of the molecule is COc1cc(F)cc(F)c1OC(=O)CC(=O)O. The van der Waals surface area contributed by atoms with Crippen molar-refractivity contribution in [1.82, 2.24) is 0 Å². The zero-order chi connectivity index (χ0) is 13.0. The summed E-state index contributed by atoms with van der Waals surface area (Å²) in [6, 6.07) is 1.30. The lowest BCUT2D eigenvalue weighted by Crippen LogP contribution is -2.14. The quantitative estimate of drug-likeness (QED) is 0.493. The van der Waals surface area contributed by atoms with Crippen LogP contribution in [0.1, 0.15) is 6.42 Å². The van der Waals surface area contributed by atoms with E-state index in [0.717, 1.165) is 13.2 Å². The van der Waals surface area contributed by atoms with Gasteiger partial charge in [0.1, 0.15) is 12.2 Å². The Kier molecular flexibility index (Phi) is 3.97. The average molecular weight is 246 g/mol. The van der Waals surface area contributed by atoms with Crippen molar-refractivity contribution < 1.29 is 33.0 Å². The van der Waals surface area contributed by atoms with Crippen molar-refractivity contribution in [2.45, 2.75) is 6.42 Å². The van der Waals surface area contributed by atoms with Crippen LogP contribution >= 0.6 is 0 Å². The van der Waals surface area contributed by atoms with Crippen LogP contribution in [0.5, 0.6) is 11.5 Å². The highest BCUT2D eigenvalue weighted by molar-refractivity contribution is 5.91. The zero-order valence-electron chi connectivity index (χ0n) is 8.70. The molecule has 1 aromatic rings. The first-order valence-electron chi connectivity index (χ1n) is 4.39. The molecule has 1 rings (SSSR count). The summed E-state index contributed by atoms with van der Waals surface area (Å²) >= 11 is 0. The monoisotopic (exact) mass is 246 g/mol. The first-order chi connectivity index (χ1) is 7.93. The predicted octanol–water partition coefficient (Wildman–Crippen LogP) is 1.35. The van der Waals surface area contributed by atoms with Gasteiger partial charge in [-0.25, -0.2) is 8.78 Å². The summed E-state index contributed by atoms with van der Waals surface area (Å²) in [5.74, 6) is -5.63. The van der Waals surface area contributed by atoms with Gasteiger partial charge in [0.15, 0.2) is 11.6 Å². The summed E-state index contributed by atoms with van der Waals surface area (Å²) in [6.07, 6.45) is -0.931. The molecule has 17 heavy (non-hydrogen) atoms. The van der Waals surface area contributed by atoms with E-state index in [2.05, 4.69) is 9.47 Å². The standard InChI is InChI=1S/C10H8F2O5/c1-16-7-3-5(11)2-6(12)10(7)17-9(15)4-8(13)14/h2-3H,4H2,1H3,(H,13,14). The molecule has 0 aliphatic carbocycles. The number of carbonyl (C=O) groups is 2. The molecule has 92 valence electrons. The summed E-state index contributed by atoms with van der Waals surface area (Å²) in [7, 11) is 1.13. The number of methoxy groups -OCH3 is 1. The minimum Gasteiger partial charge on any atom is -0.493 e. The lowest BCUT2D eigenvalue weighted by atomic mass is 10.3. The molecule has 0 aliphatic heterocycles. The molecule has 0 saturated carbocycles. The van der Waals surface area contributed by atoms with Crippen LogP contribution in [-0.2, 0) is 9.59 Å². The first kappa shape index (κ1) is 12.9. The second-order valence-electron chi connectivity index (χ2n) is 2.96. The molecule has 0 aromatic heterocycles. The van der Waals surface area contributed by atoms with E-state index in [9.17, 15) is 18.4 Å². The molecule has 1 aromatic carbocycles. The van der Waals surface area contributed by atoms with Gasteiger partial charge in [0.05, 0.1) is 7.11 Å². The van der Waals surface area contributed by atoms with Gasteiger partial charge in [-0.1, -0.05) is 0 Å². The number of rotatable bonds is 4. The van der Waals surface area contributed by atoms with Crippen LogP contribution in [0.4, 0.5) is 8.78 Å². The number of carboxylic acids is 1. The molecular weight excluding hydrogens is 238 g/mol. The molecule has 0 atom stereocenters. The third kappa shape index (κ3) is 3.40. The van der Waals surface area contributed by atoms with E-state index in [0.29, 0.717) is 6.07 Å². The number of hydrogen-bond donors (Lipinski definition) is 1. The van der Waals surface area contributed by atoms with Gasteiger partial charge < -0.3 is 14.6 Å². The smallest absolute Gasteiger partial charge is 0.322 e. The number of ether oxygens (including phenoxy) is 2. The third-order valence-corrected chi connectivity index (χ3v) is 1.71. The van der Waals surface area contributed by atoms with Crippen LogP contribution in [0, 0.1) is 11.6 Å². The average Bonchev–Trinajstić information content (AvgIpc) is 2.20. The Bertz CT molecular complexity index is 458. The van der Waals surface area contributed by atoms with Crippen LogP contribution in [0.15, 0.2) is 12.1 Å². The number of esters is 1. The van der Waals surface area contributed by atoms with Crippen LogP contribution in [0.2, 0.25) is 0 Å². The Labute approximate surface area is 94.6 Å². The lowest BCUT2D eigenvalue weighted by molar-refractivity contribution is -0.145. The van der Waals surface area contributed by atoms with Crippen molar-refractivity contribution >= 4 is 11.9 Å². The van der Waals surface area contributed by atoms with Gasteiger partial charge in [0.2, 0.25) is 5.75 Å². The highest BCUT2D eigenvalue weighted by Gasteiger charge is 2.18. The molecule has 0 unspecified atom stereocenters. The van der Waals surface area contributed by atoms with E-state index in [1.54, 1.807) is 0 Å². The van der Waals surface area contributed by atoms with Crippen LogP contribution < -0.4 is 9.47 Å². The Hall–Kier alpha value is -2.18. The number of carbonyl (C=O) groups excluding carboxylic acids is 1. The molecule has 1 N–H and O–H groups in total. The van der Waals surface area contributed by atoms with Gasteiger partial charge in [-0.05, 0) is 0 Å². The van der Waals surface area contributed by atoms with Crippen molar-refractivity contribution in [1.29, 1.82) is 0 Å². The second-order valence-corrected chi connectivity index (χ2v) is 2.96. The number of aliphatic carboxylic acids is 1. The number of hydrogen-bond acceptors (Lipinski definition) is 4. The fourth-order valence-electron chi connectivity index (χ4n) is 1.06. The molecule has 0 aliphatic rings. The van der Waals surface area contributed by atoms with Gasteiger partial charge >= 0.3 is 11.9 Å². The Morgan fingerprint density at radius 2 is 2.00 bits per heavy atom. The summed E-state index contributed by atoms with van der Waals surface area (Å²) in [5, 5.41) is 8.32. The van der Waals surface area contributed by atoms with Crippen molar-refractivity contribution in [3.8, 4) is 11.5 Å². The molecule has 0 heterocycles. The molecule has 0 fully saturated rings. The highest BCUT2D eigenvalue weighted by Crippen LogP contribution is 2.31. The van der Waals surface area contributed by atoms with E-state index in [-0.39, 0.29) is 5.75 Å². The lowest BCUT2D eigenvalue weighted by Gasteiger charge is -2.09. The molecule has 0 saturated heterocycles. The van der Waals surface area contributed by atoms with Gasteiger partial charge in [0, 0.05) is 12.1 Å². The van der Waals surface area contributed by atoms with Crippen molar-refractivity contribution in [3.05, 3.63) is 23.8 Å². The molecule has 0 radical (unpaired) electrons. The third-order valence-electron chi connectivity index (χ3n) is 1.71. The minimum absolute atomic E-state index is 0.332. The molecule has 7 heteroatoms. The maximum Gasteiger partial charge on any atom is 0.322 e. The Morgan fingerprint density at radius 1 is 1.35 bits per heavy atom. The molecular formula is C10H8F2O5. The molecule has 0 bridgehead atoms. The largest absolute Gasteiger partial charge is 0.493 e. The normalized spacial score (nSPS) is 9.82. The topological polar surface area (TPSA) is 72.8 Å². The van der Waals surface area contributed by atoms with Crippen LogP contribution in [0.25, 0.3) is 0 Å². The minimum atomic E-state index is -1.42. The van der Waals surface area contributed by atoms with E-state index in [1.807, 2.05) is 0 Å². The molecule has 5 nitrogen and oxygen atoms in total. The summed E-state index contributed by atoms with van der Waals surface area (Å²) < 4.78 is 35.1. The van der Waals surface area contributed by atoms with Gasteiger partial charge in [-0.15, -0.1) is 0 Å². The highest BCUT2D eigenvalue weighted by atomic mass is 19.1. The molecule has 0 spiro atoms. The number of carboxylic acid groups (broad SMARTS) is 1.